The summed E-state index contributed by atoms with van der Waals surface area (Å²) in [5.41, 5.74) is 0. The van der Waals surface area contributed by atoms with Gasteiger partial charge >= 0.3 is 5.97 Å². The lowest BCUT2D eigenvalue weighted by molar-refractivity contribution is -0.141. The van der Waals surface area contributed by atoms with Gasteiger partial charge in [-0.05, 0) is 37.8 Å². The first-order valence-electron chi connectivity index (χ1n) is 7.45. The zero-order chi connectivity index (χ0) is 16.1. The number of hydrogen-bond acceptors (Lipinski definition) is 3. The molecule has 2 N–H and O–H groups in total. The van der Waals surface area contributed by atoms with Crippen LogP contribution in [0.25, 0.3) is 0 Å². The van der Waals surface area contributed by atoms with Gasteiger partial charge in [0.2, 0.25) is 0 Å². The first-order valence-corrected chi connectivity index (χ1v) is 7.45. The molecule has 6 heteroatoms. The molecule has 1 aliphatic rings. The van der Waals surface area contributed by atoms with Crippen LogP contribution in [0.4, 0.5) is 4.39 Å². The molecule has 5 nitrogen and oxygen atoms in total. The third-order valence-electron chi connectivity index (χ3n) is 3.90. The number of nitrogens with one attached hydrogen (secondary N) is 1. The molecule has 3 atom stereocenters. The molecule has 0 heterocycles. The van der Waals surface area contributed by atoms with Gasteiger partial charge in [0, 0.05) is 6.04 Å². The molecular weight excluding hydrogens is 289 g/mol. The van der Waals surface area contributed by atoms with Crippen LogP contribution in [0.3, 0.4) is 0 Å². The Morgan fingerprint density at radius 2 is 2.14 bits per heavy atom. The molecule has 1 aliphatic carbocycles. The van der Waals surface area contributed by atoms with E-state index in [-0.39, 0.29) is 17.7 Å². The number of carboxylic acids is 1. The molecule has 1 unspecified atom stereocenters. The van der Waals surface area contributed by atoms with Gasteiger partial charge in [0.15, 0.2) is 17.7 Å². The quantitative estimate of drug-likeness (QED) is 0.846. The Balaban J connectivity index is 1.92. The highest BCUT2D eigenvalue weighted by atomic mass is 19.1. The fourth-order valence-electron chi connectivity index (χ4n) is 2.65. The van der Waals surface area contributed by atoms with Crippen molar-refractivity contribution in [1.82, 2.24) is 5.32 Å². The van der Waals surface area contributed by atoms with E-state index >= 15 is 0 Å². The van der Waals surface area contributed by atoms with Crippen LogP contribution in [-0.2, 0) is 9.59 Å². The lowest BCUT2D eigenvalue weighted by Gasteiger charge is -2.20. The third kappa shape index (κ3) is 3.96. The minimum absolute atomic E-state index is 0.0411. The lowest BCUT2D eigenvalue weighted by atomic mass is 10.1. The van der Waals surface area contributed by atoms with Crippen LogP contribution in [0, 0.1) is 11.7 Å². The average molecular weight is 309 g/mol. The van der Waals surface area contributed by atoms with Gasteiger partial charge in [-0.25, -0.2) is 4.39 Å². The van der Waals surface area contributed by atoms with Crippen LogP contribution < -0.4 is 10.1 Å². The first-order chi connectivity index (χ1) is 10.5. The number of amides is 1. The Kier molecular flexibility index (Phi) is 5.35. The number of ether oxygens (including phenoxy) is 1. The molecular formula is C16H20FNO4. The van der Waals surface area contributed by atoms with Gasteiger partial charge in [0.25, 0.3) is 5.91 Å². The minimum atomic E-state index is -0.827. The summed E-state index contributed by atoms with van der Waals surface area (Å²) in [7, 11) is 0. The number of hydrogen-bond donors (Lipinski definition) is 2. The second kappa shape index (κ2) is 7.24. The number of benzene rings is 1. The number of carbonyl (C=O) groups excluding carboxylic acids is 1. The fraction of sp³-hybridized carbons (Fsp3) is 0.500. The monoisotopic (exact) mass is 309 g/mol. The number of aliphatic carboxylic acids is 1. The van der Waals surface area contributed by atoms with Crippen molar-refractivity contribution in [3.8, 4) is 5.75 Å². The SMILES string of the molecule is CCC(Oc1ccccc1F)C(=O)N[C@@H]1CC[C@H](C(=O)O)C1. The highest BCUT2D eigenvalue weighted by Gasteiger charge is 2.32. The van der Waals surface area contributed by atoms with Crippen molar-refractivity contribution in [2.45, 2.75) is 44.8 Å². The van der Waals surface area contributed by atoms with Crippen LogP contribution in [-0.4, -0.2) is 29.1 Å². The molecule has 1 saturated carbocycles. The van der Waals surface area contributed by atoms with E-state index in [2.05, 4.69) is 5.32 Å². The molecule has 22 heavy (non-hydrogen) atoms. The maximum atomic E-state index is 13.6. The summed E-state index contributed by atoms with van der Waals surface area (Å²) >= 11 is 0. The van der Waals surface area contributed by atoms with Crippen LogP contribution in [0.1, 0.15) is 32.6 Å². The van der Waals surface area contributed by atoms with Crippen molar-refractivity contribution >= 4 is 11.9 Å². The molecule has 0 aliphatic heterocycles. The molecule has 1 fully saturated rings. The summed E-state index contributed by atoms with van der Waals surface area (Å²) in [6.45, 7) is 1.78. The first kappa shape index (κ1) is 16.3. The summed E-state index contributed by atoms with van der Waals surface area (Å²) in [5, 5.41) is 11.8. The summed E-state index contributed by atoms with van der Waals surface area (Å²) in [6, 6.07) is 5.77. The number of carbonyl (C=O) groups is 2. The Hall–Kier alpha value is -2.11. The van der Waals surface area contributed by atoms with E-state index < -0.39 is 23.8 Å². The Labute approximate surface area is 128 Å². The van der Waals surface area contributed by atoms with Gasteiger partial charge in [0.1, 0.15) is 0 Å². The van der Waals surface area contributed by atoms with Crippen LogP contribution in [0.5, 0.6) is 5.75 Å². The van der Waals surface area contributed by atoms with Gasteiger partial charge in [-0.1, -0.05) is 19.1 Å². The van der Waals surface area contributed by atoms with Gasteiger partial charge in [0.05, 0.1) is 5.92 Å². The predicted octanol–water partition coefficient (Wildman–Crippen LogP) is 2.35. The fourth-order valence-corrected chi connectivity index (χ4v) is 2.65. The van der Waals surface area contributed by atoms with Crippen molar-refractivity contribution in [3.05, 3.63) is 30.1 Å². The number of rotatable bonds is 6. The maximum absolute atomic E-state index is 13.6. The largest absolute Gasteiger partial charge is 0.481 e. The van der Waals surface area contributed by atoms with Crippen LogP contribution in [0.15, 0.2) is 24.3 Å². The summed E-state index contributed by atoms with van der Waals surface area (Å²) < 4.78 is 19.0. The smallest absolute Gasteiger partial charge is 0.306 e. The van der Waals surface area contributed by atoms with Gasteiger partial charge in [-0.3, -0.25) is 9.59 Å². The van der Waals surface area contributed by atoms with E-state index in [0.29, 0.717) is 25.7 Å². The van der Waals surface area contributed by atoms with Crippen molar-refractivity contribution in [1.29, 1.82) is 0 Å². The topological polar surface area (TPSA) is 75.6 Å². The summed E-state index contributed by atoms with van der Waals surface area (Å²) in [5.74, 6) is -2.04. The Morgan fingerprint density at radius 3 is 2.73 bits per heavy atom. The molecule has 0 bridgehead atoms. The number of halogens is 1. The number of para-hydroxylation sites is 1. The lowest BCUT2D eigenvalue weighted by Crippen LogP contribution is -2.43. The van der Waals surface area contributed by atoms with E-state index in [4.69, 9.17) is 9.84 Å². The molecule has 0 radical (unpaired) electrons. The van der Waals surface area contributed by atoms with E-state index in [0.717, 1.165) is 0 Å². The van der Waals surface area contributed by atoms with E-state index in [1.165, 1.54) is 12.1 Å². The second-order valence-corrected chi connectivity index (χ2v) is 5.50. The van der Waals surface area contributed by atoms with Crippen molar-refractivity contribution < 1.29 is 23.8 Å². The van der Waals surface area contributed by atoms with E-state index in [9.17, 15) is 14.0 Å². The van der Waals surface area contributed by atoms with E-state index in [1.807, 2.05) is 0 Å². The van der Waals surface area contributed by atoms with Crippen molar-refractivity contribution in [3.63, 3.8) is 0 Å². The highest BCUT2D eigenvalue weighted by Crippen LogP contribution is 2.26. The zero-order valence-corrected chi connectivity index (χ0v) is 12.4. The molecule has 0 aromatic heterocycles. The summed E-state index contributed by atoms with van der Waals surface area (Å²) in [6.07, 6.45) is 1.23. The predicted molar refractivity (Wildman–Crippen MR) is 78.0 cm³/mol. The van der Waals surface area contributed by atoms with Crippen molar-refractivity contribution in [2.75, 3.05) is 0 Å². The summed E-state index contributed by atoms with van der Waals surface area (Å²) in [4.78, 5) is 23.1. The molecule has 120 valence electrons. The molecule has 1 amide bonds. The molecule has 0 spiro atoms. The normalized spacial score (nSPS) is 22.1. The van der Waals surface area contributed by atoms with Crippen molar-refractivity contribution in [2.24, 2.45) is 5.92 Å². The zero-order valence-electron chi connectivity index (χ0n) is 12.4. The van der Waals surface area contributed by atoms with Gasteiger partial charge in [-0.15, -0.1) is 0 Å². The molecule has 0 saturated heterocycles. The number of carboxylic acid groups (broad SMARTS) is 1. The van der Waals surface area contributed by atoms with Gasteiger partial charge < -0.3 is 15.2 Å². The minimum Gasteiger partial charge on any atom is -0.481 e. The molecule has 1 aromatic carbocycles. The average Bonchev–Trinajstić information content (AvgIpc) is 2.95. The highest BCUT2D eigenvalue weighted by molar-refractivity contribution is 5.81. The van der Waals surface area contributed by atoms with Crippen LogP contribution >= 0.6 is 0 Å². The van der Waals surface area contributed by atoms with E-state index in [1.54, 1.807) is 19.1 Å². The Bertz CT molecular complexity index is 549. The third-order valence-corrected chi connectivity index (χ3v) is 3.90. The second-order valence-electron chi connectivity index (χ2n) is 5.50. The van der Waals surface area contributed by atoms with Gasteiger partial charge in [-0.2, -0.15) is 0 Å². The Morgan fingerprint density at radius 1 is 1.41 bits per heavy atom. The maximum Gasteiger partial charge on any atom is 0.306 e. The molecule has 2 rings (SSSR count). The van der Waals surface area contributed by atoms with Crippen LogP contribution in [0.2, 0.25) is 0 Å². The standard InChI is InChI=1S/C16H20FNO4/c1-2-13(22-14-6-4-3-5-12(14)17)15(19)18-11-8-7-10(9-11)16(20)21/h3-6,10-11,13H,2,7-9H2,1H3,(H,18,19)(H,20,21)/t10-,11+,13?/m0/s1. The molecule has 1 aromatic rings.